The molecule has 1 fully saturated rings. The summed E-state index contributed by atoms with van der Waals surface area (Å²) in [4.78, 5) is 33.4. The Kier molecular flexibility index (Phi) is 6.13. The lowest BCUT2D eigenvalue weighted by atomic mass is 10.2. The number of aryl methyl sites for hydroxylation is 1. The number of H-pyrrole nitrogens is 1. The van der Waals surface area contributed by atoms with Crippen molar-refractivity contribution in [1.29, 1.82) is 0 Å². The fourth-order valence-electron chi connectivity index (χ4n) is 3.59. The van der Waals surface area contributed by atoms with Crippen LogP contribution in [-0.2, 0) is 0 Å². The van der Waals surface area contributed by atoms with Crippen LogP contribution in [0.3, 0.4) is 0 Å². The number of nitrogens with one attached hydrogen (secondary N) is 2. The van der Waals surface area contributed by atoms with Crippen LogP contribution in [0, 0.1) is 6.92 Å². The first-order valence-corrected chi connectivity index (χ1v) is 10.4. The molecule has 2 aromatic heterocycles. The zero-order valence-electron chi connectivity index (χ0n) is 18.1. The SMILES string of the molecule is CCN1CCN(c2ncc(-c3cc(=O)[nH]c(Nc4ccc(OC)cc4)n3)c(C)n2)CC1. The molecule has 4 rings (SSSR count). The fourth-order valence-corrected chi connectivity index (χ4v) is 3.59. The van der Waals surface area contributed by atoms with Crippen LogP contribution in [0.25, 0.3) is 11.3 Å². The zero-order valence-corrected chi connectivity index (χ0v) is 18.1. The molecule has 162 valence electrons. The molecule has 0 atom stereocenters. The van der Waals surface area contributed by atoms with Gasteiger partial charge in [-0.2, -0.15) is 0 Å². The summed E-state index contributed by atoms with van der Waals surface area (Å²) in [5.74, 6) is 1.83. The Hall–Kier alpha value is -3.46. The first-order chi connectivity index (χ1) is 15.1. The van der Waals surface area contributed by atoms with Gasteiger partial charge in [0.2, 0.25) is 11.9 Å². The molecule has 1 saturated heterocycles. The van der Waals surface area contributed by atoms with E-state index < -0.39 is 0 Å². The van der Waals surface area contributed by atoms with Crippen LogP contribution in [0.2, 0.25) is 0 Å². The molecular formula is C22H27N7O2. The Labute approximate surface area is 181 Å². The third kappa shape index (κ3) is 4.83. The van der Waals surface area contributed by atoms with Crippen LogP contribution in [-0.4, -0.2) is 64.7 Å². The lowest BCUT2D eigenvalue weighted by Crippen LogP contribution is -2.46. The molecular weight excluding hydrogens is 394 g/mol. The molecule has 1 aromatic carbocycles. The molecule has 1 aliphatic rings. The van der Waals surface area contributed by atoms with Gasteiger partial charge in [-0.1, -0.05) is 6.92 Å². The summed E-state index contributed by atoms with van der Waals surface area (Å²) in [7, 11) is 1.62. The largest absolute Gasteiger partial charge is 0.497 e. The molecule has 3 aromatic rings. The number of aromatic nitrogens is 4. The number of hydrogen-bond acceptors (Lipinski definition) is 8. The van der Waals surface area contributed by atoms with Crippen LogP contribution in [0.1, 0.15) is 12.6 Å². The summed E-state index contributed by atoms with van der Waals surface area (Å²) in [6.07, 6.45) is 1.75. The molecule has 0 bridgehead atoms. The number of piperazine rings is 1. The molecule has 0 spiro atoms. The standard InChI is InChI=1S/C22H27N7O2/c1-4-28-9-11-29(12-10-28)22-23-14-18(15(2)24-22)19-13-20(30)27-21(26-19)25-16-5-7-17(31-3)8-6-16/h5-8,13-14H,4,9-12H2,1-3H3,(H2,25,26,27,30). The predicted molar refractivity (Wildman–Crippen MR) is 121 cm³/mol. The number of ether oxygens (including phenoxy) is 1. The van der Waals surface area contributed by atoms with Crippen LogP contribution in [0.15, 0.2) is 41.3 Å². The molecule has 0 aliphatic carbocycles. The van der Waals surface area contributed by atoms with Gasteiger partial charge >= 0.3 is 0 Å². The molecule has 1 aliphatic heterocycles. The maximum atomic E-state index is 12.3. The minimum absolute atomic E-state index is 0.250. The number of nitrogens with zero attached hydrogens (tertiary/aromatic N) is 5. The average Bonchev–Trinajstić information content (AvgIpc) is 2.79. The van der Waals surface area contributed by atoms with Crippen molar-refractivity contribution in [2.75, 3.05) is 50.1 Å². The normalized spacial score (nSPS) is 14.5. The van der Waals surface area contributed by atoms with Gasteiger partial charge in [-0.25, -0.2) is 15.0 Å². The van der Waals surface area contributed by atoms with E-state index in [1.54, 1.807) is 13.3 Å². The number of methoxy groups -OCH3 is 1. The van der Waals surface area contributed by atoms with Crippen molar-refractivity contribution in [2.24, 2.45) is 0 Å². The molecule has 9 heteroatoms. The van der Waals surface area contributed by atoms with Crippen LogP contribution in [0.5, 0.6) is 5.75 Å². The van der Waals surface area contributed by atoms with Gasteiger partial charge in [-0.15, -0.1) is 0 Å². The van der Waals surface area contributed by atoms with Crippen LogP contribution >= 0.6 is 0 Å². The van der Waals surface area contributed by atoms with E-state index in [0.29, 0.717) is 11.6 Å². The van der Waals surface area contributed by atoms with Crippen molar-refractivity contribution in [3.8, 4) is 17.0 Å². The maximum Gasteiger partial charge on any atom is 0.252 e. The molecule has 3 heterocycles. The van der Waals surface area contributed by atoms with Gasteiger partial charge in [-0.05, 0) is 37.7 Å². The first kappa shape index (κ1) is 20.8. The Balaban J connectivity index is 1.55. The van der Waals surface area contributed by atoms with Crippen molar-refractivity contribution in [3.63, 3.8) is 0 Å². The van der Waals surface area contributed by atoms with E-state index in [-0.39, 0.29) is 5.56 Å². The lowest BCUT2D eigenvalue weighted by molar-refractivity contribution is 0.270. The lowest BCUT2D eigenvalue weighted by Gasteiger charge is -2.34. The van der Waals surface area contributed by atoms with Crippen molar-refractivity contribution >= 4 is 17.6 Å². The first-order valence-electron chi connectivity index (χ1n) is 10.4. The molecule has 0 amide bonds. The molecule has 2 N–H and O–H groups in total. The monoisotopic (exact) mass is 421 g/mol. The Morgan fingerprint density at radius 1 is 1.13 bits per heavy atom. The smallest absolute Gasteiger partial charge is 0.252 e. The number of aromatic amines is 1. The van der Waals surface area contributed by atoms with Crippen molar-refractivity contribution in [1.82, 2.24) is 24.8 Å². The third-order valence-corrected chi connectivity index (χ3v) is 5.44. The van der Waals surface area contributed by atoms with Gasteiger partial charge in [0, 0.05) is 49.7 Å². The molecule has 0 unspecified atom stereocenters. The number of anilines is 3. The zero-order chi connectivity index (χ0) is 21.8. The molecule has 31 heavy (non-hydrogen) atoms. The highest BCUT2D eigenvalue weighted by Gasteiger charge is 2.19. The van der Waals surface area contributed by atoms with Gasteiger partial charge in [0.1, 0.15) is 5.75 Å². The summed E-state index contributed by atoms with van der Waals surface area (Å²) in [6, 6.07) is 8.84. The van der Waals surface area contributed by atoms with E-state index in [0.717, 1.165) is 61.4 Å². The van der Waals surface area contributed by atoms with Gasteiger partial charge in [0.15, 0.2) is 0 Å². The van der Waals surface area contributed by atoms with Crippen molar-refractivity contribution in [2.45, 2.75) is 13.8 Å². The van der Waals surface area contributed by atoms with E-state index in [1.807, 2.05) is 31.2 Å². The topological polar surface area (TPSA) is 99.3 Å². The number of benzene rings is 1. The van der Waals surface area contributed by atoms with E-state index >= 15 is 0 Å². The van der Waals surface area contributed by atoms with Crippen molar-refractivity contribution in [3.05, 3.63) is 52.6 Å². The quantitative estimate of drug-likeness (QED) is 0.626. The highest BCUT2D eigenvalue weighted by atomic mass is 16.5. The minimum Gasteiger partial charge on any atom is -0.497 e. The van der Waals surface area contributed by atoms with E-state index in [2.05, 4.69) is 37.0 Å². The Morgan fingerprint density at radius 3 is 2.52 bits per heavy atom. The molecule has 0 saturated carbocycles. The van der Waals surface area contributed by atoms with E-state index in [1.165, 1.54) is 6.07 Å². The minimum atomic E-state index is -0.250. The second kappa shape index (κ2) is 9.13. The second-order valence-corrected chi connectivity index (χ2v) is 7.42. The van der Waals surface area contributed by atoms with E-state index in [9.17, 15) is 4.79 Å². The second-order valence-electron chi connectivity index (χ2n) is 7.42. The molecule has 9 nitrogen and oxygen atoms in total. The summed E-state index contributed by atoms with van der Waals surface area (Å²) >= 11 is 0. The highest BCUT2D eigenvalue weighted by molar-refractivity contribution is 5.64. The maximum absolute atomic E-state index is 12.3. The Bertz CT molecular complexity index is 1090. The summed E-state index contributed by atoms with van der Waals surface area (Å²) < 4.78 is 5.17. The third-order valence-electron chi connectivity index (χ3n) is 5.44. The number of hydrogen-bond donors (Lipinski definition) is 2. The predicted octanol–water partition coefficient (Wildman–Crippen LogP) is 2.43. The van der Waals surface area contributed by atoms with Gasteiger partial charge < -0.3 is 19.9 Å². The van der Waals surface area contributed by atoms with Gasteiger partial charge in [0.05, 0.1) is 18.5 Å². The van der Waals surface area contributed by atoms with Crippen molar-refractivity contribution < 1.29 is 4.74 Å². The van der Waals surface area contributed by atoms with Gasteiger partial charge in [-0.3, -0.25) is 9.78 Å². The van der Waals surface area contributed by atoms with Crippen LogP contribution in [0.4, 0.5) is 17.6 Å². The number of rotatable bonds is 6. The van der Waals surface area contributed by atoms with E-state index in [4.69, 9.17) is 9.72 Å². The average molecular weight is 422 g/mol. The molecule has 0 radical (unpaired) electrons. The highest BCUT2D eigenvalue weighted by Crippen LogP contribution is 2.23. The van der Waals surface area contributed by atoms with Crippen LogP contribution < -0.4 is 20.5 Å². The van der Waals surface area contributed by atoms with Gasteiger partial charge in [0.25, 0.3) is 5.56 Å². The fraction of sp³-hybridized carbons (Fsp3) is 0.364. The summed E-state index contributed by atoms with van der Waals surface area (Å²) in [6.45, 7) is 9.00. The Morgan fingerprint density at radius 2 is 1.87 bits per heavy atom. The summed E-state index contributed by atoms with van der Waals surface area (Å²) in [5, 5.41) is 3.12. The number of likely N-dealkylation sites (N-methyl/N-ethyl adjacent to an activating group) is 1. The summed E-state index contributed by atoms with van der Waals surface area (Å²) in [5.41, 5.74) is 2.59.